The number of nitrogen functional groups attached to an aromatic ring is 1. The molecule has 0 atom stereocenters. The monoisotopic (exact) mass is 1570 g/mol. The second kappa shape index (κ2) is 33.3. The molecule has 0 aliphatic carbocycles. The number of hydrogen-bond donors (Lipinski definition) is 7. The van der Waals surface area contributed by atoms with Crippen LogP contribution in [0.1, 0.15) is 159 Å². The second-order valence-corrected chi connectivity index (χ2v) is 28.8. The van der Waals surface area contributed by atoms with Crippen LogP contribution in [0.4, 0.5) is 16.0 Å². The number of aromatic amines is 5. The van der Waals surface area contributed by atoms with Gasteiger partial charge in [0.1, 0.15) is 28.9 Å². The van der Waals surface area contributed by atoms with Crippen molar-refractivity contribution in [2.24, 2.45) is 0 Å². The lowest BCUT2D eigenvalue weighted by Crippen LogP contribution is -2.20. The van der Waals surface area contributed by atoms with Crippen molar-refractivity contribution in [3.05, 3.63) is 215 Å². The Morgan fingerprint density at radius 3 is 1.57 bits per heavy atom. The Labute approximate surface area is 649 Å². The van der Waals surface area contributed by atoms with Gasteiger partial charge in [0.25, 0.3) is 33.4 Å². The van der Waals surface area contributed by atoms with Gasteiger partial charge in [-0.2, -0.15) is 4.98 Å². The number of nitrogens with one attached hydrogen (secondary N) is 6. The summed E-state index contributed by atoms with van der Waals surface area (Å²) in [6.45, 7) is 32.5. The van der Waals surface area contributed by atoms with Gasteiger partial charge in [-0.1, -0.05) is 0 Å². The number of rotatable bonds is 8. The van der Waals surface area contributed by atoms with Gasteiger partial charge >= 0.3 is 0 Å². The van der Waals surface area contributed by atoms with Gasteiger partial charge in [-0.25, -0.2) is 68.1 Å². The van der Waals surface area contributed by atoms with Gasteiger partial charge in [-0.3, -0.25) is 62.3 Å². The molecule has 1 aliphatic heterocycles. The molecule has 0 aromatic carbocycles. The summed E-state index contributed by atoms with van der Waals surface area (Å²) in [6, 6.07) is 9.24. The third kappa shape index (κ3) is 16.1. The molecule has 0 spiro atoms. The number of nitrogens with zero attached hydrogens (tertiary/aromatic N) is 24. The summed E-state index contributed by atoms with van der Waals surface area (Å²) in [4.78, 5) is 155. The predicted octanol–water partition coefficient (Wildman–Crippen LogP) is 8.76. The largest absolute Gasteiger partial charge is 0.398 e. The number of pyridine rings is 1. The highest BCUT2D eigenvalue weighted by atomic mass is 19.1. The molecule has 1 aliphatic rings. The van der Waals surface area contributed by atoms with E-state index >= 15 is 0 Å². The SMILES string of the molecule is CC(C)n1cc(F)c2c(=O)[nH]cnc21.CC(C)n1ccc(=O)c2nccn21.CC(C)n1ccc2c(=O)[nH]cnc21.CC(C)n1ccc2c(N)ccnc21.CC(C)n1cnc2c(=O)[nH]c3nccn3c21.CC(C)n1cnc2c(=O)[nH]cnc21.CC(C)n1cnc2c(=O)n3c(nc21)NC(=O)C3.CC(C)n1cnc2c(=O)n3ccnc3[nH]c21. The van der Waals surface area contributed by atoms with E-state index in [9.17, 15) is 42.7 Å². The van der Waals surface area contributed by atoms with Crippen molar-refractivity contribution in [2.75, 3.05) is 11.1 Å². The molecule has 0 saturated heterocycles. The number of halogens is 1. The van der Waals surface area contributed by atoms with E-state index in [0.29, 0.717) is 85.7 Å². The third-order valence-electron chi connectivity index (χ3n) is 18.4. The van der Waals surface area contributed by atoms with E-state index in [1.807, 2.05) is 132 Å². The highest BCUT2D eigenvalue weighted by molar-refractivity contribution is 5.93. The summed E-state index contributed by atoms with van der Waals surface area (Å²) >= 11 is 0. The van der Waals surface area contributed by atoms with E-state index < -0.39 is 11.4 Å². The Hall–Kier alpha value is -14.4. The van der Waals surface area contributed by atoms with Crippen LogP contribution in [0.3, 0.4) is 0 Å². The first-order valence-electron chi connectivity index (χ1n) is 36.9. The first kappa shape index (κ1) is 80.2. The molecule has 598 valence electrons. The zero-order chi connectivity index (χ0) is 82.7. The van der Waals surface area contributed by atoms with Crippen LogP contribution in [-0.4, -0.2) is 145 Å². The highest BCUT2D eigenvalue weighted by Gasteiger charge is 2.25. The van der Waals surface area contributed by atoms with Crippen LogP contribution in [0.5, 0.6) is 0 Å². The lowest BCUT2D eigenvalue weighted by molar-refractivity contribution is -0.115. The number of anilines is 2. The van der Waals surface area contributed by atoms with Crippen molar-refractivity contribution in [1.29, 1.82) is 0 Å². The van der Waals surface area contributed by atoms with Gasteiger partial charge in [-0.15, -0.1) is 0 Å². The minimum Gasteiger partial charge on any atom is -0.398 e. The Bertz CT molecular complexity index is 6890. The smallest absolute Gasteiger partial charge is 0.287 e. The molecule has 40 heteroatoms. The molecule has 8 N–H and O–H groups in total. The van der Waals surface area contributed by atoms with E-state index in [1.165, 1.54) is 34.1 Å². The van der Waals surface area contributed by atoms with Crippen LogP contribution in [0.25, 0.3) is 95.0 Å². The van der Waals surface area contributed by atoms with Crippen LogP contribution in [0, 0.1) is 5.82 Å². The maximum atomic E-state index is 13.3. The summed E-state index contributed by atoms with van der Waals surface area (Å²) in [7, 11) is 0. The molecule has 39 nitrogen and oxygen atoms in total. The number of amides is 1. The van der Waals surface area contributed by atoms with E-state index in [4.69, 9.17) is 5.73 Å². The number of imidazole rings is 7. The Morgan fingerprint density at radius 2 is 0.930 bits per heavy atom. The van der Waals surface area contributed by atoms with Crippen LogP contribution in [0.15, 0.2) is 170 Å². The molecule has 0 radical (unpaired) electrons. The van der Waals surface area contributed by atoms with E-state index in [2.05, 4.69) is 136 Å². The molecule has 1 amide bonds. The summed E-state index contributed by atoms with van der Waals surface area (Å²) in [5.74, 6) is 0.635. The molecule has 19 rings (SSSR count). The van der Waals surface area contributed by atoms with Gasteiger partial charge in [-0.05, 0) is 129 Å². The number of hydrogen-bond acceptors (Lipinski definition) is 21. The van der Waals surface area contributed by atoms with Crippen LogP contribution in [0.2, 0.25) is 0 Å². The van der Waals surface area contributed by atoms with Crippen LogP contribution >= 0.6 is 0 Å². The topological polar surface area (TPSA) is 466 Å². The zero-order valence-electron chi connectivity index (χ0n) is 66.0. The zero-order valence-corrected chi connectivity index (χ0v) is 66.0. The van der Waals surface area contributed by atoms with Gasteiger partial charge in [0.05, 0.1) is 49.7 Å². The fourth-order valence-corrected chi connectivity index (χ4v) is 12.5. The average Bonchev–Trinajstić information content (AvgIpc) is 1.62. The van der Waals surface area contributed by atoms with Gasteiger partial charge in [0.2, 0.25) is 28.8 Å². The van der Waals surface area contributed by atoms with Crippen LogP contribution < -0.4 is 49.8 Å². The summed E-state index contributed by atoms with van der Waals surface area (Å²) in [6.07, 6.45) is 29.6. The Balaban J connectivity index is 0.000000122. The predicted molar refractivity (Wildman–Crippen MR) is 434 cm³/mol. The molecular formula is C75H88FN31O8. The van der Waals surface area contributed by atoms with Crippen LogP contribution in [-0.2, 0) is 11.3 Å². The molecular weight excluding hydrogens is 1480 g/mol. The fraction of sp³-hybridized carbons (Fsp3) is 0.333. The van der Waals surface area contributed by atoms with Gasteiger partial charge < -0.3 is 57.6 Å². The third-order valence-corrected chi connectivity index (χ3v) is 18.4. The lowest BCUT2D eigenvalue weighted by Gasteiger charge is -2.12. The molecule has 0 saturated carbocycles. The maximum Gasteiger partial charge on any atom is 0.287 e. The summed E-state index contributed by atoms with van der Waals surface area (Å²) in [5.41, 5.74) is 12.1. The highest BCUT2D eigenvalue weighted by Crippen LogP contribution is 2.24. The fourth-order valence-electron chi connectivity index (χ4n) is 12.5. The first-order valence-corrected chi connectivity index (χ1v) is 36.9. The lowest BCUT2D eigenvalue weighted by atomic mass is 10.3. The Morgan fingerprint density at radius 1 is 0.409 bits per heavy atom. The molecule has 18 aromatic heterocycles. The summed E-state index contributed by atoms with van der Waals surface area (Å²) < 4.78 is 35.0. The van der Waals surface area contributed by atoms with E-state index in [-0.39, 0.29) is 81.3 Å². The number of aromatic nitrogens is 29. The average molecular weight is 1570 g/mol. The van der Waals surface area contributed by atoms with Crippen molar-refractivity contribution in [3.8, 4) is 0 Å². The minimum atomic E-state index is -0.525. The number of fused-ring (bicyclic) bond motifs is 12. The molecule has 0 fully saturated rings. The quantitative estimate of drug-likeness (QED) is 0.0747. The van der Waals surface area contributed by atoms with Crippen molar-refractivity contribution in [3.63, 3.8) is 0 Å². The molecule has 0 bridgehead atoms. The molecule has 18 aromatic rings. The first-order chi connectivity index (χ1) is 54.8. The van der Waals surface area contributed by atoms with Crippen molar-refractivity contribution < 1.29 is 9.18 Å². The van der Waals surface area contributed by atoms with Gasteiger partial charge in [0.15, 0.2) is 56.1 Å². The van der Waals surface area contributed by atoms with E-state index in [1.54, 1.807) is 89.9 Å². The number of nitrogens with two attached hydrogens (primary N) is 1. The van der Waals surface area contributed by atoms with Crippen molar-refractivity contribution in [2.45, 2.75) is 166 Å². The minimum absolute atomic E-state index is 0.0195. The van der Waals surface area contributed by atoms with Crippen molar-refractivity contribution in [1.82, 2.24) is 139 Å². The van der Waals surface area contributed by atoms with Gasteiger partial charge in [0, 0.05) is 134 Å². The number of carbonyl (C=O) groups excluding carboxylic acids is 1. The van der Waals surface area contributed by atoms with E-state index in [0.717, 1.165) is 33.7 Å². The second-order valence-electron chi connectivity index (χ2n) is 28.8. The molecule has 115 heavy (non-hydrogen) atoms. The maximum absolute atomic E-state index is 13.3. The number of H-pyrrole nitrogens is 5. The molecule has 0 unspecified atom stereocenters. The normalized spacial score (nSPS) is 12.0. The van der Waals surface area contributed by atoms with Crippen molar-refractivity contribution >= 4 is 113 Å². The Kier molecular flexibility index (Phi) is 23.2. The summed E-state index contributed by atoms with van der Waals surface area (Å²) in [5, 5.41) is 4.27. The standard InChI is InChI=1S/C10H11N5O2.2C10H11N5O.C10H13N3.C9H10FN3O.2C9H11N3O.C8H10N4O/c1-5(2)15-4-11-7-8(15)13-10-12-6(16)3-14(10)9(7)17;1-6(2)15-5-12-7-8(16)13-10-11-3-4-14(10)9(7)15;1-6(2)15-5-12-7-8(15)13-10-11-3-4-14(10)9(7)16;1-7(2)13-6-4-8-9(11)3-5-12-10(8)13;1-5(2)13-3-6(10)7-8(13)11-4-12-9(7)14;1-7(2)11-5-3-8(13)9-10-4-6-12(9)11;1-6(2)12-4-3-7-8(12)10-5-11-9(7)13;1-5(2)12-4-11-6-7(12)9-3-10-8(6)13/h4-5H,3H2,1-2H3,(H,12,13,16);3-6H,1-2H3,(H,11,13,16);3-6H,1-2H3,(H,11,13);3-7H,1-2H3,(H2,11,12);3-5H,1-2H3,(H,11,12,14);3-7H,1-2H3;3-6H,1-2H3,(H,10,11,13);3-5H,1-2H3,(H,9,10,13). The number of carbonyl (C=O) groups is 1. The molecule has 19 heterocycles.